The first kappa shape index (κ1) is 14.3. The minimum atomic E-state index is -0.419. The molecule has 0 unspecified atom stereocenters. The third-order valence-electron chi connectivity index (χ3n) is 3.21. The van der Waals surface area contributed by atoms with Crippen LogP contribution in [0.1, 0.15) is 10.4 Å². The second-order valence-corrected chi connectivity index (χ2v) is 5.40. The van der Waals surface area contributed by atoms with E-state index in [0.29, 0.717) is 5.56 Å². The van der Waals surface area contributed by atoms with Gasteiger partial charge in [0.25, 0.3) is 5.91 Å². The van der Waals surface area contributed by atoms with E-state index in [1.807, 2.05) is 18.2 Å². The summed E-state index contributed by atoms with van der Waals surface area (Å²) in [6, 6.07) is 5.59. The summed E-state index contributed by atoms with van der Waals surface area (Å²) in [6.07, 6.45) is 0. The first-order chi connectivity index (χ1) is 9.18. The van der Waals surface area contributed by atoms with Gasteiger partial charge in [0.2, 0.25) is 0 Å². The average Bonchev–Trinajstić information content (AvgIpc) is 2.39. The molecule has 1 aliphatic rings. The largest absolute Gasteiger partial charge is 0.383 e. The van der Waals surface area contributed by atoms with Gasteiger partial charge in [-0.15, -0.1) is 0 Å². The van der Waals surface area contributed by atoms with Crippen molar-refractivity contribution in [1.82, 2.24) is 10.2 Å². The molecule has 1 fully saturated rings. The number of carbonyl (C=O) groups is 1. The van der Waals surface area contributed by atoms with Crippen LogP contribution in [0.5, 0.6) is 0 Å². The maximum Gasteiger partial charge on any atom is 0.251 e. The van der Waals surface area contributed by atoms with Crippen molar-refractivity contribution in [2.45, 2.75) is 0 Å². The highest BCUT2D eigenvalue weighted by Crippen LogP contribution is 2.24. The van der Waals surface area contributed by atoms with Crippen molar-refractivity contribution in [3.8, 4) is 0 Å². The van der Waals surface area contributed by atoms with E-state index in [1.54, 1.807) is 0 Å². The molecule has 1 aliphatic heterocycles. The first-order valence-electron chi connectivity index (χ1n) is 6.44. The van der Waals surface area contributed by atoms with Crippen molar-refractivity contribution < 1.29 is 4.79 Å². The highest BCUT2D eigenvalue weighted by Gasteiger charge is 2.13. The molecule has 5 nitrogen and oxygen atoms in total. The Balaban J connectivity index is 1.92. The predicted molar refractivity (Wildman–Crippen MR) is 80.5 cm³/mol. The summed E-state index contributed by atoms with van der Waals surface area (Å²) in [6.45, 7) is 6.00. The van der Waals surface area contributed by atoms with Crippen LogP contribution in [0.3, 0.4) is 0 Å². The standard InChI is InChI=1S/C13H19BrN4O/c14-10-2-1-3-11(12(10)13(15)19)17-6-9-18-7-4-16-5-8-18/h1-3,16-17H,4-9H2,(H2,15,19). The van der Waals surface area contributed by atoms with Crippen LogP contribution in [0.2, 0.25) is 0 Å². The maximum absolute atomic E-state index is 11.4. The lowest BCUT2D eigenvalue weighted by molar-refractivity contribution is 0.100. The molecular formula is C13H19BrN4O. The summed E-state index contributed by atoms with van der Waals surface area (Å²) >= 11 is 3.36. The Morgan fingerprint density at radius 2 is 2.16 bits per heavy atom. The minimum Gasteiger partial charge on any atom is -0.383 e. The van der Waals surface area contributed by atoms with Gasteiger partial charge < -0.3 is 16.4 Å². The van der Waals surface area contributed by atoms with Gasteiger partial charge in [-0.2, -0.15) is 0 Å². The number of rotatable bonds is 5. The molecule has 1 aromatic carbocycles. The molecule has 19 heavy (non-hydrogen) atoms. The fourth-order valence-electron chi connectivity index (χ4n) is 2.21. The Bertz CT molecular complexity index is 446. The number of hydrogen-bond donors (Lipinski definition) is 3. The number of nitrogens with two attached hydrogens (primary N) is 1. The molecular weight excluding hydrogens is 308 g/mol. The summed E-state index contributed by atoms with van der Waals surface area (Å²) in [5.74, 6) is -0.419. The zero-order valence-electron chi connectivity index (χ0n) is 10.8. The van der Waals surface area contributed by atoms with Gasteiger partial charge in [0, 0.05) is 49.4 Å². The van der Waals surface area contributed by atoms with E-state index in [-0.39, 0.29) is 0 Å². The molecule has 6 heteroatoms. The zero-order valence-corrected chi connectivity index (χ0v) is 12.4. The number of amides is 1. The SMILES string of the molecule is NC(=O)c1c(Br)cccc1NCCN1CCNCC1. The van der Waals surface area contributed by atoms with Crippen LogP contribution in [0.25, 0.3) is 0 Å². The van der Waals surface area contributed by atoms with Gasteiger partial charge >= 0.3 is 0 Å². The van der Waals surface area contributed by atoms with E-state index in [2.05, 4.69) is 31.5 Å². The third kappa shape index (κ3) is 3.92. The summed E-state index contributed by atoms with van der Waals surface area (Å²) in [5.41, 5.74) is 6.71. The molecule has 0 saturated carbocycles. The van der Waals surface area contributed by atoms with Crippen LogP contribution in [0, 0.1) is 0 Å². The quantitative estimate of drug-likeness (QED) is 0.750. The van der Waals surface area contributed by atoms with Crippen molar-refractivity contribution in [2.24, 2.45) is 5.73 Å². The van der Waals surface area contributed by atoms with Crippen molar-refractivity contribution in [3.05, 3.63) is 28.2 Å². The molecule has 1 heterocycles. The normalized spacial score (nSPS) is 16.3. The maximum atomic E-state index is 11.4. The van der Waals surface area contributed by atoms with E-state index in [0.717, 1.165) is 49.4 Å². The Kier molecular flexibility index (Phi) is 5.18. The number of carbonyl (C=O) groups excluding carboxylic acids is 1. The minimum absolute atomic E-state index is 0.419. The van der Waals surface area contributed by atoms with Gasteiger partial charge in [-0.25, -0.2) is 0 Å². The number of hydrogen-bond acceptors (Lipinski definition) is 4. The molecule has 0 atom stereocenters. The van der Waals surface area contributed by atoms with E-state index in [1.165, 1.54) is 0 Å². The van der Waals surface area contributed by atoms with E-state index >= 15 is 0 Å². The number of anilines is 1. The van der Waals surface area contributed by atoms with Crippen LogP contribution in [-0.4, -0.2) is 50.1 Å². The average molecular weight is 327 g/mol. The van der Waals surface area contributed by atoms with Crippen LogP contribution in [0.15, 0.2) is 22.7 Å². The molecule has 0 spiro atoms. The first-order valence-corrected chi connectivity index (χ1v) is 7.23. The van der Waals surface area contributed by atoms with Gasteiger partial charge in [-0.05, 0) is 28.1 Å². The molecule has 1 aromatic rings. The Labute approximate surface area is 121 Å². The highest BCUT2D eigenvalue weighted by atomic mass is 79.9. The third-order valence-corrected chi connectivity index (χ3v) is 3.87. The number of halogens is 1. The van der Waals surface area contributed by atoms with Crippen LogP contribution in [0.4, 0.5) is 5.69 Å². The lowest BCUT2D eigenvalue weighted by Gasteiger charge is -2.27. The molecule has 1 saturated heterocycles. The van der Waals surface area contributed by atoms with Gasteiger partial charge in [0.1, 0.15) is 0 Å². The van der Waals surface area contributed by atoms with Gasteiger partial charge in [0.15, 0.2) is 0 Å². The molecule has 0 aromatic heterocycles. The Morgan fingerprint density at radius 3 is 2.84 bits per heavy atom. The highest BCUT2D eigenvalue weighted by molar-refractivity contribution is 9.10. The van der Waals surface area contributed by atoms with Crippen molar-refractivity contribution >= 4 is 27.5 Å². The summed E-state index contributed by atoms with van der Waals surface area (Å²) in [7, 11) is 0. The predicted octanol–water partition coefficient (Wildman–Crippen LogP) is 0.865. The second-order valence-electron chi connectivity index (χ2n) is 4.55. The zero-order chi connectivity index (χ0) is 13.7. The molecule has 2 rings (SSSR count). The molecule has 104 valence electrons. The second kappa shape index (κ2) is 6.88. The lowest BCUT2D eigenvalue weighted by Crippen LogP contribution is -2.45. The Hall–Kier alpha value is -1.11. The fourth-order valence-corrected chi connectivity index (χ4v) is 2.77. The topological polar surface area (TPSA) is 70.4 Å². The van der Waals surface area contributed by atoms with Crippen molar-refractivity contribution in [1.29, 1.82) is 0 Å². The molecule has 4 N–H and O–H groups in total. The Morgan fingerprint density at radius 1 is 1.42 bits per heavy atom. The smallest absolute Gasteiger partial charge is 0.251 e. The van der Waals surface area contributed by atoms with Gasteiger partial charge in [-0.1, -0.05) is 6.07 Å². The van der Waals surface area contributed by atoms with Crippen LogP contribution < -0.4 is 16.4 Å². The van der Waals surface area contributed by atoms with Crippen LogP contribution in [-0.2, 0) is 0 Å². The van der Waals surface area contributed by atoms with Crippen LogP contribution >= 0.6 is 15.9 Å². The van der Waals surface area contributed by atoms with E-state index in [4.69, 9.17) is 5.73 Å². The van der Waals surface area contributed by atoms with Crippen molar-refractivity contribution in [3.63, 3.8) is 0 Å². The molecule has 1 amide bonds. The number of nitrogens with zero attached hydrogens (tertiary/aromatic N) is 1. The number of piperazine rings is 1. The lowest BCUT2D eigenvalue weighted by atomic mass is 10.1. The van der Waals surface area contributed by atoms with E-state index < -0.39 is 5.91 Å². The number of nitrogens with one attached hydrogen (secondary N) is 2. The fraction of sp³-hybridized carbons (Fsp3) is 0.462. The van der Waals surface area contributed by atoms with Gasteiger partial charge in [0.05, 0.1) is 5.56 Å². The van der Waals surface area contributed by atoms with Gasteiger partial charge in [-0.3, -0.25) is 9.69 Å². The van der Waals surface area contributed by atoms with Crippen molar-refractivity contribution in [2.75, 3.05) is 44.6 Å². The summed E-state index contributed by atoms with van der Waals surface area (Å²) in [4.78, 5) is 13.8. The summed E-state index contributed by atoms with van der Waals surface area (Å²) in [5, 5.41) is 6.61. The summed E-state index contributed by atoms with van der Waals surface area (Å²) < 4.78 is 0.729. The molecule has 0 aliphatic carbocycles. The number of primary amides is 1. The number of benzene rings is 1. The monoisotopic (exact) mass is 326 g/mol. The molecule has 0 bridgehead atoms. The molecule has 0 radical (unpaired) electrons. The van der Waals surface area contributed by atoms with E-state index in [9.17, 15) is 4.79 Å².